The van der Waals surface area contributed by atoms with Crippen molar-refractivity contribution in [3.05, 3.63) is 0 Å². The number of carbonyl (C=O) groups is 1. The van der Waals surface area contributed by atoms with Crippen molar-refractivity contribution < 1.29 is 23.2 Å². The van der Waals surface area contributed by atoms with Gasteiger partial charge in [0.05, 0.1) is 4.87 Å². The number of aliphatic hydroxyl groups excluding tert-OH is 1. The van der Waals surface area contributed by atoms with E-state index in [1.54, 1.807) is 0 Å². The molecular weight excluding hydrogens is 344 g/mol. The van der Waals surface area contributed by atoms with E-state index in [1.807, 2.05) is 6.92 Å². The Bertz CT molecular complexity index is 361. The highest BCUT2D eigenvalue weighted by atomic mass is 32.2. The van der Waals surface area contributed by atoms with Crippen molar-refractivity contribution in [1.82, 2.24) is 0 Å². The number of thioether (sulfide) groups is 1. The lowest BCUT2D eigenvalue weighted by atomic mass is 10.2. The number of carbonyl (C=O) groups excluding carboxylic acids is 1. The summed E-state index contributed by atoms with van der Waals surface area (Å²) in [7, 11) is -2.91. The molecule has 2 unspecified atom stereocenters. The molecule has 0 amide bonds. The van der Waals surface area contributed by atoms with Crippen LogP contribution in [0.3, 0.4) is 0 Å². The van der Waals surface area contributed by atoms with Crippen LogP contribution in [0, 0.1) is 11.8 Å². The molecule has 0 spiro atoms. The number of rotatable bonds is 11. The first kappa shape index (κ1) is 22.1. The quantitative estimate of drug-likeness (QED) is 0.439. The Morgan fingerprint density at radius 2 is 2.00 bits per heavy atom. The highest BCUT2D eigenvalue weighted by molar-refractivity contribution is 8.15. The van der Waals surface area contributed by atoms with E-state index in [9.17, 15) is 9.90 Å². The van der Waals surface area contributed by atoms with Crippen molar-refractivity contribution >= 4 is 25.7 Å². The van der Waals surface area contributed by atoms with Crippen LogP contribution in [0.5, 0.6) is 0 Å². The van der Waals surface area contributed by atoms with Crippen molar-refractivity contribution in [3.8, 4) is 0 Å². The lowest BCUT2D eigenvalue weighted by Gasteiger charge is -2.40. The fraction of sp³-hybridized carbons (Fsp3) is 0.941. The van der Waals surface area contributed by atoms with Crippen LogP contribution in [0.1, 0.15) is 59.8 Å². The summed E-state index contributed by atoms with van der Waals surface area (Å²) in [5.41, 5.74) is 0. The van der Waals surface area contributed by atoms with E-state index in [4.69, 9.17) is 13.3 Å². The Hall–Kier alpha value is 0.0769. The largest absolute Gasteiger partial charge is 0.515 e. The molecule has 1 aliphatic rings. The van der Waals surface area contributed by atoms with Gasteiger partial charge in [0.25, 0.3) is 0 Å². The average Bonchev–Trinajstić information content (AvgIpc) is 2.59. The maximum atomic E-state index is 12.3. The van der Waals surface area contributed by atoms with Gasteiger partial charge in [0.15, 0.2) is 5.12 Å². The second-order valence-corrected chi connectivity index (χ2v) is 11.2. The van der Waals surface area contributed by atoms with E-state index >= 15 is 0 Å². The molecule has 0 aromatic rings. The summed E-state index contributed by atoms with van der Waals surface area (Å²) in [6.45, 7) is 9.89. The van der Waals surface area contributed by atoms with E-state index in [-0.39, 0.29) is 22.5 Å². The molecule has 0 radical (unpaired) electrons. The number of aliphatic hydroxyl groups is 1. The third kappa shape index (κ3) is 7.13. The minimum absolute atomic E-state index is 0.0312. The summed E-state index contributed by atoms with van der Waals surface area (Å²) in [5, 5.41) is 9.45. The molecular formula is C17H34O5SSi. The fourth-order valence-corrected chi connectivity index (χ4v) is 7.61. The molecule has 0 saturated carbocycles. The summed E-state index contributed by atoms with van der Waals surface area (Å²) in [6, 6.07) is 0. The Kier molecular flexibility index (Phi) is 10.7. The second-order valence-electron chi connectivity index (χ2n) is 6.77. The molecule has 0 aliphatic carbocycles. The zero-order chi connectivity index (χ0) is 18.0. The summed E-state index contributed by atoms with van der Waals surface area (Å²) in [6.07, 6.45) is 4.51. The standard InChI is InChI=1S/C17H34O5SSi/c1-5-7-8-9-16(19)23-17(6-2)24(20-11-14(3)10-18)21-12-15(4)13-22-24/h14-15,17-18H,5-13H2,1-4H3. The molecule has 24 heavy (non-hydrogen) atoms. The Labute approximate surface area is 152 Å². The maximum absolute atomic E-state index is 12.3. The molecule has 1 heterocycles. The maximum Gasteiger partial charge on any atom is 0.515 e. The van der Waals surface area contributed by atoms with Gasteiger partial charge in [-0.25, -0.2) is 0 Å². The minimum Gasteiger partial charge on any atom is -0.396 e. The number of unbranched alkanes of at least 4 members (excludes halogenated alkanes) is 2. The monoisotopic (exact) mass is 378 g/mol. The molecule has 5 nitrogen and oxygen atoms in total. The van der Waals surface area contributed by atoms with E-state index in [1.165, 1.54) is 11.8 Å². The van der Waals surface area contributed by atoms with Gasteiger partial charge in [0, 0.05) is 44.7 Å². The summed E-state index contributed by atoms with van der Waals surface area (Å²) < 4.78 is 18.3. The van der Waals surface area contributed by atoms with Crippen molar-refractivity contribution in [2.45, 2.75) is 64.7 Å². The third-order valence-corrected chi connectivity index (χ3v) is 9.25. The second kappa shape index (κ2) is 11.6. The van der Waals surface area contributed by atoms with E-state index in [2.05, 4.69) is 20.8 Å². The van der Waals surface area contributed by atoms with E-state index in [0.717, 1.165) is 25.7 Å². The van der Waals surface area contributed by atoms with Crippen molar-refractivity contribution in [1.29, 1.82) is 0 Å². The summed E-state index contributed by atoms with van der Waals surface area (Å²) in [5.74, 6) is 0.371. The van der Waals surface area contributed by atoms with Crippen LogP contribution in [0.15, 0.2) is 0 Å². The first-order valence-corrected chi connectivity index (χ1v) is 11.9. The first-order valence-electron chi connectivity index (χ1n) is 9.19. The molecule has 1 rings (SSSR count). The van der Waals surface area contributed by atoms with Gasteiger partial charge >= 0.3 is 8.80 Å². The molecule has 2 atom stereocenters. The van der Waals surface area contributed by atoms with Crippen LogP contribution in [0.4, 0.5) is 0 Å². The molecule has 1 aliphatic heterocycles. The smallest absolute Gasteiger partial charge is 0.396 e. The predicted octanol–water partition coefficient (Wildman–Crippen LogP) is 3.41. The van der Waals surface area contributed by atoms with Gasteiger partial charge in [0.1, 0.15) is 0 Å². The Morgan fingerprint density at radius 3 is 2.54 bits per heavy atom. The van der Waals surface area contributed by atoms with Crippen LogP contribution < -0.4 is 0 Å². The summed E-state index contributed by atoms with van der Waals surface area (Å²) in [4.78, 5) is 12.2. The van der Waals surface area contributed by atoms with Crippen LogP contribution in [0.2, 0.25) is 0 Å². The normalized spacial score (nSPS) is 27.0. The molecule has 1 N–H and O–H groups in total. The Morgan fingerprint density at radius 1 is 1.33 bits per heavy atom. The van der Waals surface area contributed by atoms with Crippen molar-refractivity contribution in [2.24, 2.45) is 11.8 Å². The first-order chi connectivity index (χ1) is 11.5. The van der Waals surface area contributed by atoms with E-state index in [0.29, 0.717) is 32.2 Å². The van der Waals surface area contributed by atoms with Crippen LogP contribution in [0.25, 0.3) is 0 Å². The molecule has 0 aromatic heterocycles. The molecule has 1 saturated heterocycles. The highest BCUT2D eigenvalue weighted by Crippen LogP contribution is 2.33. The minimum atomic E-state index is -2.91. The van der Waals surface area contributed by atoms with Gasteiger partial charge in [-0.15, -0.1) is 0 Å². The zero-order valence-corrected chi connectivity index (χ0v) is 17.4. The molecule has 1 fully saturated rings. The van der Waals surface area contributed by atoms with Gasteiger partial charge in [-0.2, -0.15) is 0 Å². The average molecular weight is 379 g/mol. The SMILES string of the molecule is CCCCCC(=O)SC(CC)[Si]1(OCC(C)CO)OCC(C)CO1. The van der Waals surface area contributed by atoms with E-state index < -0.39 is 8.80 Å². The van der Waals surface area contributed by atoms with Gasteiger partial charge in [-0.1, -0.05) is 52.3 Å². The van der Waals surface area contributed by atoms with Gasteiger partial charge in [0.2, 0.25) is 0 Å². The van der Waals surface area contributed by atoms with Crippen LogP contribution in [-0.2, 0) is 18.1 Å². The topological polar surface area (TPSA) is 65.0 Å². The zero-order valence-electron chi connectivity index (χ0n) is 15.6. The van der Waals surface area contributed by atoms with Crippen LogP contribution >= 0.6 is 11.8 Å². The molecule has 0 bridgehead atoms. The van der Waals surface area contributed by atoms with Gasteiger partial charge < -0.3 is 18.4 Å². The Balaban J connectivity index is 2.72. The number of hydrogen-bond acceptors (Lipinski definition) is 6. The van der Waals surface area contributed by atoms with Gasteiger partial charge in [-0.05, 0) is 12.8 Å². The predicted molar refractivity (Wildman–Crippen MR) is 99.8 cm³/mol. The molecule has 7 heteroatoms. The third-order valence-electron chi connectivity index (χ3n) is 4.04. The fourth-order valence-electron chi connectivity index (χ4n) is 2.42. The van der Waals surface area contributed by atoms with Crippen molar-refractivity contribution in [3.63, 3.8) is 0 Å². The molecule has 0 aromatic carbocycles. The highest BCUT2D eigenvalue weighted by Gasteiger charge is 2.52. The van der Waals surface area contributed by atoms with Crippen molar-refractivity contribution in [2.75, 3.05) is 26.4 Å². The van der Waals surface area contributed by atoms with Gasteiger partial charge in [-0.3, -0.25) is 4.79 Å². The lowest BCUT2D eigenvalue weighted by Crippen LogP contribution is -2.59. The van der Waals surface area contributed by atoms with Crippen LogP contribution in [-0.4, -0.2) is 50.3 Å². The lowest BCUT2D eigenvalue weighted by molar-refractivity contribution is -0.111. The molecule has 142 valence electrons. The number of hydrogen-bond donors (Lipinski definition) is 1. The summed E-state index contributed by atoms with van der Waals surface area (Å²) >= 11 is 1.35.